The molecule has 1 aliphatic heterocycles. The number of carbonyl (C=O) groups is 2. The summed E-state index contributed by atoms with van der Waals surface area (Å²) in [5.41, 5.74) is 3.06. The topological polar surface area (TPSA) is 71.1 Å². The highest BCUT2D eigenvalue weighted by molar-refractivity contribution is 8.00. The maximum absolute atomic E-state index is 12.6. The van der Waals surface area contributed by atoms with Crippen molar-refractivity contribution in [2.45, 2.75) is 11.8 Å². The number of nitrogens with zero attached hydrogens (tertiary/aromatic N) is 1. The van der Waals surface area contributed by atoms with Gasteiger partial charge in [-0.3, -0.25) is 14.9 Å². The average molecular weight is 381 g/mol. The summed E-state index contributed by atoms with van der Waals surface area (Å²) in [7, 11) is 0. The lowest BCUT2D eigenvalue weighted by molar-refractivity contribution is -0.113. The molecule has 0 radical (unpaired) electrons. The number of thiazole rings is 1. The smallest absolute Gasteiger partial charge is 0.257 e. The molecule has 26 heavy (non-hydrogen) atoms. The highest BCUT2D eigenvalue weighted by atomic mass is 32.2. The number of carbonyl (C=O) groups excluding carboxylic acids is 2. The van der Waals surface area contributed by atoms with Gasteiger partial charge in [0.25, 0.3) is 5.91 Å². The van der Waals surface area contributed by atoms with Crippen LogP contribution in [0.2, 0.25) is 0 Å². The van der Waals surface area contributed by atoms with Gasteiger partial charge in [-0.15, -0.1) is 23.1 Å². The van der Waals surface area contributed by atoms with Crippen molar-refractivity contribution >= 4 is 45.7 Å². The van der Waals surface area contributed by atoms with Gasteiger partial charge in [-0.25, -0.2) is 4.98 Å². The average Bonchev–Trinajstić information content (AvgIpc) is 3.02. The zero-order valence-electron chi connectivity index (χ0n) is 13.9. The Hall–Kier alpha value is -2.64. The number of rotatable bonds is 3. The molecule has 0 saturated heterocycles. The van der Waals surface area contributed by atoms with Crippen molar-refractivity contribution in [2.75, 3.05) is 16.4 Å². The van der Waals surface area contributed by atoms with Crippen LogP contribution in [0.1, 0.15) is 15.2 Å². The minimum atomic E-state index is -0.244. The van der Waals surface area contributed by atoms with E-state index in [0.717, 1.165) is 21.0 Å². The molecule has 0 bridgehead atoms. The van der Waals surface area contributed by atoms with Crippen LogP contribution in [-0.4, -0.2) is 22.6 Å². The zero-order chi connectivity index (χ0) is 18.1. The van der Waals surface area contributed by atoms with E-state index in [1.165, 1.54) is 23.1 Å². The Morgan fingerprint density at radius 1 is 1.19 bits per heavy atom. The first kappa shape index (κ1) is 16.8. The van der Waals surface area contributed by atoms with E-state index >= 15 is 0 Å². The Balaban J connectivity index is 1.56. The first-order valence-electron chi connectivity index (χ1n) is 8.01. The van der Waals surface area contributed by atoms with E-state index in [1.807, 2.05) is 43.3 Å². The SMILES string of the molecule is Cc1sc(NC(=O)c2ccc3c(c2)NC(=O)CS3)nc1-c1ccccc1. The number of hydrogen-bond donors (Lipinski definition) is 2. The number of benzene rings is 2. The fourth-order valence-electron chi connectivity index (χ4n) is 2.71. The van der Waals surface area contributed by atoms with Crippen molar-refractivity contribution in [1.82, 2.24) is 4.98 Å². The number of aromatic nitrogens is 1. The molecule has 1 aliphatic rings. The Kier molecular flexibility index (Phi) is 4.48. The molecule has 0 fully saturated rings. The van der Waals surface area contributed by atoms with Crippen molar-refractivity contribution in [1.29, 1.82) is 0 Å². The molecular weight excluding hydrogens is 366 g/mol. The Morgan fingerprint density at radius 3 is 2.81 bits per heavy atom. The number of amides is 2. The third kappa shape index (κ3) is 3.36. The van der Waals surface area contributed by atoms with E-state index in [9.17, 15) is 9.59 Å². The van der Waals surface area contributed by atoms with Gasteiger partial charge < -0.3 is 5.32 Å². The lowest BCUT2D eigenvalue weighted by Gasteiger charge is -2.16. The molecule has 4 rings (SSSR count). The number of fused-ring (bicyclic) bond motifs is 1. The van der Waals surface area contributed by atoms with Gasteiger partial charge in [-0.2, -0.15) is 0 Å². The van der Waals surface area contributed by atoms with Crippen LogP contribution >= 0.6 is 23.1 Å². The summed E-state index contributed by atoms with van der Waals surface area (Å²) >= 11 is 2.91. The quantitative estimate of drug-likeness (QED) is 0.705. The fraction of sp³-hybridized carbons (Fsp3) is 0.105. The molecule has 2 aromatic carbocycles. The minimum absolute atomic E-state index is 0.0527. The summed E-state index contributed by atoms with van der Waals surface area (Å²) in [4.78, 5) is 30.7. The van der Waals surface area contributed by atoms with Gasteiger partial charge in [0.05, 0.1) is 17.1 Å². The van der Waals surface area contributed by atoms with Crippen LogP contribution in [0.3, 0.4) is 0 Å². The summed E-state index contributed by atoms with van der Waals surface area (Å²) in [5, 5.41) is 6.21. The van der Waals surface area contributed by atoms with Gasteiger partial charge in [0.15, 0.2) is 5.13 Å². The number of hydrogen-bond acceptors (Lipinski definition) is 5. The van der Waals surface area contributed by atoms with E-state index in [0.29, 0.717) is 22.1 Å². The third-order valence-corrected chi connectivity index (χ3v) is 5.90. The number of nitrogens with one attached hydrogen (secondary N) is 2. The van der Waals surface area contributed by atoms with Crippen LogP contribution in [0.5, 0.6) is 0 Å². The van der Waals surface area contributed by atoms with E-state index in [4.69, 9.17) is 0 Å². The van der Waals surface area contributed by atoms with Gasteiger partial charge >= 0.3 is 0 Å². The van der Waals surface area contributed by atoms with E-state index in [2.05, 4.69) is 15.6 Å². The van der Waals surface area contributed by atoms with Crippen molar-refractivity contribution in [3.8, 4) is 11.3 Å². The summed E-state index contributed by atoms with van der Waals surface area (Å²) in [6.07, 6.45) is 0. The molecule has 130 valence electrons. The van der Waals surface area contributed by atoms with Gasteiger partial charge in [0.2, 0.25) is 5.91 Å². The van der Waals surface area contributed by atoms with Crippen LogP contribution in [0.15, 0.2) is 53.4 Å². The van der Waals surface area contributed by atoms with E-state index in [-0.39, 0.29) is 11.8 Å². The zero-order valence-corrected chi connectivity index (χ0v) is 15.5. The number of thioether (sulfide) groups is 1. The highest BCUT2D eigenvalue weighted by Crippen LogP contribution is 2.33. The highest BCUT2D eigenvalue weighted by Gasteiger charge is 2.18. The third-order valence-electron chi connectivity index (χ3n) is 3.94. The molecule has 0 atom stereocenters. The Labute approximate surface area is 158 Å². The van der Waals surface area contributed by atoms with Crippen LogP contribution in [0, 0.1) is 6.92 Å². The molecule has 0 unspecified atom stereocenters. The summed E-state index contributed by atoms with van der Waals surface area (Å²) in [5.74, 6) is 0.105. The number of aryl methyl sites for hydroxylation is 1. The molecule has 2 amide bonds. The van der Waals surface area contributed by atoms with Crippen molar-refractivity contribution in [3.05, 3.63) is 59.0 Å². The first-order valence-corrected chi connectivity index (χ1v) is 9.81. The molecule has 0 saturated carbocycles. The van der Waals surface area contributed by atoms with Gasteiger partial charge in [0.1, 0.15) is 0 Å². The maximum atomic E-state index is 12.6. The van der Waals surface area contributed by atoms with Gasteiger partial charge in [0, 0.05) is 20.9 Å². The lowest BCUT2D eigenvalue weighted by atomic mass is 10.1. The molecule has 5 nitrogen and oxygen atoms in total. The normalized spacial score (nSPS) is 13.0. The van der Waals surface area contributed by atoms with Gasteiger partial charge in [-0.1, -0.05) is 30.3 Å². The predicted molar refractivity (Wildman–Crippen MR) is 106 cm³/mol. The molecule has 0 spiro atoms. The van der Waals surface area contributed by atoms with Crippen LogP contribution in [0.25, 0.3) is 11.3 Å². The first-order chi connectivity index (χ1) is 12.6. The minimum Gasteiger partial charge on any atom is -0.324 e. The van der Waals surface area contributed by atoms with Gasteiger partial charge in [-0.05, 0) is 25.1 Å². The van der Waals surface area contributed by atoms with Crippen LogP contribution in [-0.2, 0) is 4.79 Å². The van der Waals surface area contributed by atoms with Crippen molar-refractivity contribution in [2.24, 2.45) is 0 Å². The molecular formula is C19H15N3O2S2. The van der Waals surface area contributed by atoms with E-state index < -0.39 is 0 Å². The molecule has 3 aromatic rings. The van der Waals surface area contributed by atoms with Crippen molar-refractivity contribution < 1.29 is 9.59 Å². The fourth-order valence-corrected chi connectivity index (χ4v) is 4.33. The lowest BCUT2D eigenvalue weighted by Crippen LogP contribution is -2.19. The molecule has 2 heterocycles. The molecule has 1 aromatic heterocycles. The summed E-state index contributed by atoms with van der Waals surface area (Å²) < 4.78 is 0. The largest absolute Gasteiger partial charge is 0.324 e. The predicted octanol–water partition coefficient (Wildman–Crippen LogP) is 4.42. The second-order valence-corrected chi connectivity index (χ2v) is 8.01. The second kappa shape index (κ2) is 6.93. The van der Waals surface area contributed by atoms with Crippen molar-refractivity contribution in [3.63, 3.8) is 0 Å². The monoisotopic (exact) mass is 381 g/mol. The summed E-state index contributed by atoms with van der Waals surface area (Å²) in [6, 6.07) is 15.2. The second-order valence-electron chi connectivity index (χ2n) is 5.79. The van der Waals surface area contributed by atoms with Crippen LogP contribution in [0.4, 0.5) is 10.8 Å². The Morgan fingerprint density at radius 2 is 2.00 bits per heavy atom. The standard InChI is InChI=1S/C19H15N3O2S2/c1-11-17(12-5-3-2-4-6-12)21-19(26-11)22-18(24)13-7-8-15-14(9-13)20-16(23)10-25-15/h2-9H,10H2,1H3,(H,20,23)(H,21,22,24). The number of anilines is 2. The van der Waals surface area contributed by atoms with E-state index in [1.54, 1.807) is 12.1 Å². The molecule has 7 heteroatoms. The van der Waals surface area contributed by atoms with Crippen LogP contribution < -0.4 is 10.6 Å². The molecule has 0 aliphatic carbocycles. The maximum Gasteiger partial charge on any atom is 0.257 e. The molecule has 2 N–H and O–H groups in total. The Bertz CT molecular complexity index is 999. The summed E-state index contributed by atoms with van der Waals surface area (Å²) in [6.45, 7) is 1.99.